The van der Waals surface area contributed by atoms with Crippen molar-refractivity contribution in [2.24, 2.45) is 0 Å². The molecule has 1 saturated heterocycles. The van der Waals surface area contributed by atoms with Gasteiger partial charge >= 0.3 is 0 Å². The molecular formula is C12H17NOS. The molecule has 1 aliphatic heterocycles. The molecule has 0 spiro atoms. The maximum absolute atomic E-state index is 5.34. The monoisotopic (exact) mass is 223 g/mol. The average Bonchev–Trinajstić information content (AvgIpc) is 2.32. The minimum Gasteiger partial charge on any atom is -0.381 e. The summed E-state index contributed by atoms with van der Waals surface area (Å²) >= 11 is 2.09. The van der Waals surface area contributed by atoms with Gasteiger partial charge in [-0.2, -0.15) is 11.8 Å². The van der Waals surface area contributed by atoms with Crippen LogP contribution >= 0.6 is 11.8 Å². The van der Waals surface area contributed by atoms with E-state index in [1.807, 2.05) is 12.4 Å². The molecule has 1 aromatic rings. The zero-order valence-electron chi connectivity index (χ0n) is 8.89. The predicted octanol–water partition coefficient (Wildman–Crippen LogP) is 2.54. The van der Waals surface area contributed by atoms with Gasteiger partial charge in [0.25, 0.3) is 0 Å². The van der Waals surface area contributed by atoms with E-state index in [1.165, 1.54) is 24.2 Å². The Bertz CT molecular complexity index is 272. The van der Waals surface area contributed by atoms with E-state index in [-0.39, 0.29) is 0 Å². The zero-order valence-corrected chi connectivity index (χ0v) is 9.71. The number of hydrogen-bond acceptors (Lipinski definition) is 3. The molecule has 1 aromatic heterocycles. The summed E-state index contributed by atoms with van der Waals surface area (Å²) in [6.45, 7) is 1.90. The molecule has 0 aliphatic carbocycles. The molecule has 0 saturated carbocycles. The summed E-state index contributed by atoms with van der Waals surface area (Å²) in [5.74, 6) is 1.22. The Morgan fingerprint density at radius 3 is 2.73 bits per heavy atom. The Balaban J connectivity index is 1.66. The summed E-state index contributed by atoms with van der Waals surface area (Å²) in [5, 5.41) is 0.820. The van der Waals surface area contributed by atoms with Crippen LogP contribution in [0.25, 0.3) is 0 Å². The van der Waals surface area contributed by atoms with Gasteiger partial charge in [-0.05, 0) is 42.7 Å². The van der Waals surface area contributed by atoms with E-state index >= 15 is 0 Å². The quantitative estimate of drug-likeness (QED) is 0.783. The summed E-state index contributed by atoms with van der Waals surface area (Å²) in [7, 11) is 0. The normalized spacial score (nSPS) is 17.9. The third-order valence-corrected chi connectivity index (χ3v) is 4.04. The minimum atomic E-state index is 0.820. The lowest BCUT2D eigenvalue weighted by molar-refractivity contribution is 0.100. The van der Waals surface area contributed by atoms with Crippen molar-refractivity contribution in [3.05, 3.63) is 30.1 Å². The van der Waals surface area contributed by atoms with Crippen LogP contribution in [0.15, 0.2) is 24.5 Å². The van der Waals surface area contributed by atoms with Gasteiger partial charge in [0.2, 0.25) is 0 Å². The number of hydrogen-bond donors (Lipinski definition) is 0. The highest BCUT2D eigenvalue weighted by molar-refractivity contribution is 7.99. The Hall–Kier alpha value is -0.540. The largest absolute Gasteiger partial charge is 0.381 e. The van der Waals surface area contributed by atoms with Gasteiger partial charge in [0, 0.05) is 30.9 Å². The van der Waals surface area contributed by atoms with Crippen LogP contribution in [0, 0.1) is 0 Å². The van der Waals surface area contributed by atoms with Gasteiger partial charge in [-0.3, -0.25) is 4.98 Å². The average molecular weight is 223 g/mol. The van der Waals surface area contributed by atoms with E-state index in [4.69, 9.17) is 4.74 Å². The van der Waals surface area contributed by atoms with E-state index in [2.05, 4.69) is 28.9 Å². The van der Waals surface area contributed by atoms with Crippen LogP contribution in [0.1, 0.15) is 18.4 Å². The summed E-state index contributed by atoms with van der Waals surface area (Å²) in [6, 6.07) is 4.20. The molecule has 0 atom stereocenters. The molecule has 0 unspecified atom stereocenters. The van der Waals surface area contributed by atoms with Crippen molar-refractivity contribution in [2.45, 2.75) is 24.5 Å². The smallest absolute Gasteiger partial charge is 0.0476 e. The van der Waals surface area contributed by atoms with Crippen LogP contribution in [-0.4, -0.2) is 29.2 Å². The van der Waals surface area contributed by atoms with E-state index in [1.54, 1.807) is 0 Å². The lowest BCUT2D eigenvalue weighted by Gasteiger charge is -2.21. The number of nitrogens with zero attached hydrogens (tertiary/aromatic N) is 1. The van der Waals surface area contributed by atoms with E-state index in [0.717, 1.165) is 24.9 Å². The molecule has 2 heterocycles. The van der Waals surface area contributed by atoms with Gasteiger partial charge in [-0.15, -0.1) is 0 Å². The number of rotatable bonds is 4. The highest BCUT2D eigenvalue weighted by atomic mass is 32.2. The molecule has 2 nitrogen and oxygen atoms in total. The highest BCUT2D eigenvalue weighted by Crippen LogP contribution is 2.22. The Morgan fingerprint density at radius 2 is 2.00 bits per heavy atom. The van der Waals surface area contributed by atoms with Crippen LogP contribution in [0.5, 0.6) is 0 Å². The van der Waals surface area contributed by atoms with E-state index in [0.29, 0.717) is 0 Å². The van der Waals surface area contributed by atoms with Crippen molar-refractivity contribution in [3.63, 3.8) is 0 Å². The predicted molar refractivity (Wildman–Crippen MR) is 64.2 cm³/mol. The maximum Gasteiger partial charge on any atom is 0.0476 e. The van der Waals surface area contributed by atoms with Crippen molar-refractivity contribution in [2.75, 3.05) is 19.0 Å². The molecule has 15 heavy (non-hydrogen) atoms. The molecule has 0 radical (unpaired) electrons. The summed E-state index contributed by atoms with van der Waals surface area (Å²) < 4.78 is 5.34. The Kier molecular flexibility index (Phi) is 4.48. The fourth-order valence-electron chi connectivity index (χ4n) is 1.74. The van der Waals surface area contributed by atoms with Crippen molar-refractivity contribution in [1.29, 1.82) is 0 Å². The lowest BCUT2D eigenvalue weighted by Crippen LogP contribution is -2.18. The van der Waals surface area contributed by atoms with Crippen LogP contribution in [0.2, 0.25) is 0 Å². The van der Waals surface area contributed by atoms with Gasteiger partial charge in [-0.1, -0.05) is 0 Å². The molecule has 0 N–H and O–H groups in total. The fourth-order valence-corrected chi connectivity index (χ4v) is 2.95. The highest BCUT2D eigenvalue weighted by Gasteiger charge is 2.13. The molecule has 3 heteroatoms. The van der Waals surface area contributed by atoms with Gasteiger partial charge in [-0.25, -0.2) is 0 Å². The lowest BCUT2D eigenvalue weighted by atomic mass is 10.2. The van der Waals surface area contributed by atoms with E-state index in [9.17, 15) is 0 Å². The molecule has 82 valence electrons. The molecule has 0 amide bonds. The molecule has 0 aromatic carbocycles. The fraction of sp³-hybridized carbons (Fsp3) is 0.583. The van der Waals surface area contributed by atoms with Crippen LogP contribution in [0.3, 0.4) is 0 Å². The number of ether oxygens (including phenoxy) is 1. The third-order valence-electron chi connectivity index (χ3n) is 2.66. The van der Waals surface area contributed by atoms with E-state index < -0.39 is 0 Å². The van der Waals surface area contributed by atoms with Crippen molar-refractivity contribution < 1.29 is 4.74 Å². The van der Waals surface area contributed by atoms with Crippen molar-refractivity contribution in [1.82, 2.24) is 4.98 Å². The number of thioether (sulfide) groups is 1. The van der Waals surface area contributed by atoms with Gasteiger partial charge in [0.15, 0.2) is 0 Å². The molecule has 1 fully saturated rings. The first-order valence-electron chi connectivity index (χ1n) is 5.53. The first-order valence-corrected chi connectivity index (χ1v) is 6.58. The van der Waals surface area contributed by atoms with Crippen molar-refractivity contribution >= 4 is 11.8 Å². The summed E-state index contributed by atoms with van der Waals surface area (Å²) in [4.78, 5) is 4.02. The zero-order chi connectivity index (χ0) is 10.3. The summed E-state index contributed by atoms with van der Waals surface area (Å²) in [6.07, 6.45) is 7.34. The minimum absolute atomic E-state index is 0.820. The third kappa shape index (κ3) is 3.84. The standard InChI is InChI=1S/C12H17NOS/c1-6-13-7-2-11(1)5-10-15-12-3-8-14-9-4-12/h1-2,6-7,12H,3-5,8-10H2. The van der Waals surface area contributed by atoms with Gasteiger partial charge < -0.3 is 4.74 Å². The van der Waals surface area contributed by atoms with Crippen LogP contribution in [-0.2, 0) is 11.2 Å². The van der Waals surface area contributed by atoms with Crippen LogP contribution in [0.4, 0.5) is 0 Å². The maximum atomic E-state index is 5.34. The molecule has 1 aliphatic rings. The second-order valence-electron chi connectivity index (χ2n) is 3.79. The second kappa shape index (κ2) is 6.13. The number of aryl methyl sites for hydroxylation is 1. The van der Waals surface area contributed by atoms with Crippen molar-refractivity contribution in [3.8, 4) is 0 Å². The van der Waals surface area contributed by atoms with Crippen LogP contribution < -0.4 is 0 Å². The number of pyridine rings is 1. The summed E-state index contributed by atoms with van der Waals surface area (Å²) in [5.41, 5.74) is 1.39. The SMILES string of the molecule is c1cc(CCSC2CCOCC2)ccn1. The first-order chi connectivity index (χ1) is 7.45. The Labute approximate surface area is 95.4 Å². The molecular weight excluding hydrogens is 206 g/mol. The second-order valence-corrected chi connectivity index (χ2v) is 5.20. The first kappa shape index (κ1) is 11.0. The molecule has 2 rings (SSSR count). The Morgan fingerprint density at radius 1 is 1.27 bits per heavy atom. The number of aromatic nitrogens is 1. The molecule has 0 bridgehead atoms. The van der Waals surface area contributed by atoms with Gasteiger partial charge in [0.1, 0.15) is 0 Å². The van der Waals surface area contributed by atoms with Gasteiger partial charge in [0.05, 0.1) is 0 Å². The topological polar surface area (TPSA) is 22.1 Å².